The fourth-order valence-electron chi connectivity index (χ4n) is 2.77. The SMILES string of the molecule is CSc1cnc(OCCOc2ncnc(NS(=O)(=O)NC3CC3)c2-c2ccc(Cl)cc2)nc1. The van der Waals surface area contributed by atoms with Gasteiger partial charge in [-0.25, -0.2) is 19.9 Å². The Balaban J connectivity index is 1.51. The summed E-state index contributed by atoms with van der Waals surface area (Å²) in [6, 6.07) is 7.02. The quantitative estimate of drug-likeness (QED) is 0.296. The van der Waals surface area contributed by atoms with Crippen molar-refractivity contribution >= 4 is 39.4 Å². The van der Waals surface area contributed by atoms with Crippen molar-refractivity contribution in [1.29, 1.82) is 0 Å². The average Bonchev–Trinajstić information content (AvgIpc) is 3.61. The van der Waals surface area contributed by atoms with Gasteiger partial charge in [0.05, 0.1) is 5.56 Å². The molecule has 4 rings (SSSR count). The highest BCUT2D eigenvalue weighted by molar-refractivity contribution is 7.98. The molecule has 1 aliphatic carbocycles. The number of ether oxygens (including phenoxy) is 2. The fourth-order valence-corrected chi connectivity index (χ4v) is 4.35. The van der Waals surface area contributed by atoms with Gasteiger partial charge in [-0.05, 0) is 36.8 Å². The van der Waals surface area contributed by atoms with Gasteiger partial charge in [-0.1, -0.05) is 23.7 Å². The van der Waals surface area contributed by atoms with Crippen LogP contribution in [0.3, 0.4) is 0 Å². The molecule has 1 aromatic carbocycles. The number of benzene rings is 1. The number of aromatic nitrogens is 4. The van der Waals surface area contributed by atoms with E-state index in [1.807, 2.05) is 6.26 Å². The molecule has 2 heterocycles. The Bertz CT molecular complexity index is 1190. The van der Waals surface area contributed by atoms with Gasteiger partial charge < -0.3 is 9.47 Å². The molecule has 0 spiro atoms. The van der Waals surface area contributed by atoms with Crippen molar-refractivity contribution in [2.45, 2.75) is 23.8 Å². The van der Waals surface area contributed by atoms with E-state index < -0.39 is 10.2 Å². The van der Waals surface area contributed by atoms with Crippen LogP contribution in [0.15, 0.2) is 47.9 Å². The number of nitrogens with one attached hydrogen (secondary N) is 2. The highest BCUT2D eigenvalue weighted by atomic mass is 35.5. The van der Waals surface area contributed by atoms with Crippen LogP contribution < -0.4 is 18.9 Å². The van der Waals surface area contributed by atoms with Crippen molar-refractivity contribution in [1.82, 2.24) is 24.7 Å². The Labute approximate surface area is 200 Å². The maximum Gasteiger partial charge on any atom is 0.316 e. The second-order valence-electron chi connectivity index (χ2n) is 7.01. The van der Waals surface area contributed by atoms with Gasteiger partial charge in [0.15, 0.2) is 5.82 Å². The number of thioether (sulfide) groups is 1. The summed E-state index contributed by atoms with van der Waals surface area (Å²) in [4.78, 5) is 17.5. The van der Waals surface area contributed by atoms with Gasteiger partial charge in [0.1, 0.15) is 19.5 Å². The molecule has 3 aromatic rings. The lowest BCUT2D eigenvalue weighted by Crippen LogP contribution is -2.32. The smallest absolute Gasteiger partial charge is 0.316 e. The van der Waals surface area contributed by atoms with Gasteiger partial charge in [0, 0.05) is 28.4 Å². The highest BCUT2D eigenvalue weighted by Crippen LogP contribution is 2.35. The molecule has 0 unspecified atom stereocenters. The van der Waals surface area contributed by atoms with Crippen molar-refractivity contribution in [2.24, 2.45) is 0 Å². The molecule has 2 N–H and O–H groups in total. The molecule has 2 aromatic heterocycles. The Morgan fingerprint density at radius 1 is 1.06 bits per heavy atom. The normalized spacial score (nSPS) is 13.5. The summed E-state index contributed by atoms with van der Waals surface area (Å²) in [7, 11) is -3.81. The van der Waals surface area contributed by atoms with Gasteiger partial charge >= 0.3 is 16.2 Å². The van der Waals surface area contributed by atoms with Crippen LogP contribution in [-0.2, 0) is 10.2 Å². The van der Waals surface area contributed by atoms with Crippen molar-refractivity contribution in [3.05, 3.63) is 48.0 Å². The van der Waals surface area contributed by atoms with Gasteiger partial charge in [-0.2, -0.15) is 13.1 Å². The zero-order valence-corrected chi connectivity index (χ0v) is 20.0. The van der Waals surface area contributed by atoms with E-state index in [2.05, 4.69) is 29.4 Å². The molecule has 13 heteroatoms. The lowest BCUT2D eigenvalue weighted by Gasteiger charge is -2.15. The minimum Gasteiger partial charge on any atom is -0.473 e. The third-order valence-electron chi connectivity index (χ3n) is 4.47. The van der Waals surface area contributed by atoms with E-state index in [-0.39, 0.29) is 37.0 Å². The summed E-state index contributed by atoms with van der Waals surface area (Å²) in [6.07, 6.45) is 8.13. The van der Waals surface area contributed by atoms with Crippen molar-refractivity contribution in [2.75, 3.05) is 24.2 Å². The Hall–Kier alpha value is -2.67. The van der Waals surface area contributed by atoms with E-state index in [1.165, 1.54) is 18.1 Å². The number of hydrogen-bond donors (Lipinski definition) is 2. The molecular formula is C20H21ClN6O4S2. The third kappa shape index (κ3) is 6.67. The first-order chi connectivity index (χ1) is 15.9. The Morgan fingerprint density at radius 3 is 2.42 bits per heavy atom. The molecule has 174 valence electrons. The van der Waals surface area contributed by atoms with E-state index in [9.17, 15) is 8.42 Å². The van der Waals surface area contributed by atoms with E-state index in [4.69, 9.17) is 21.1 Å². The van der Waals surface area contributed by atoms with Crippen LogP contribution >= 0.6 is 23.4 Å². The number of rotatable bonds is 11. The number of halogens is 1. The average molecular weight is 509 g/mol. The Morgan fingerprint density at radius 2 is 1.76 bits per heavy atom. The van der Waals surface area contributed by atoms with Crippen molar-refractivity contribution in [3.63, 3.8) is 0 Å². The first-order valence-electron chi connectivity index (χ1n) is 9.96. The van der Waals surface area contributed by atoms with Crippen LogP contribution in [0, 0.1) is 0 Å². The number of hydrogen-bond acceptors (Lipinski definition) is 9. The number of nitrogens with zero attached hydrogens (tertiary/aromatic N) is 4. The predicted molar refractivity (Wildman–Crippen MR) is 126 cm³/mol. The van der Waals surface area contributed by atoms with Gasteiger partial charge in [-0.3, -0.25) is 4.72 Å². The highest BCUT2D eigenvalue weighted by Gasteiger charge is 2.28. The second kappa shape index (κ2) is 10.5. The zero-order valence-electron chi connectivity index (χ0n) is 17.6. The molecule has 0 saturated heterocycles. The third-order valence-corrected chi connectivity index (χ3v) is 6.51. The van der Waals surface area contributed by atoms with Gasteiger partial charge in [-0.15, -0.1) is 11.8 Å². The maximum atomic E-state index is 12.5. The molecule has 1 aliphatic rings. The largest absolute Gasteiger partial charge is 0.473 e. The standard InChI is InChI=1S/C20H21ClN6O4S2/c1-32-16-10-22-20(23-11-16)31-9-8-30-19-17(13-2-4-14(21)5-3-13)18(24-12-25-19)27-33(28,29)26-15-6-7-15/h2-5,10-12,15,26H,6-9H2,1H3,(H,24,25,27). The Kier molecular flexibility index (Phi) is 7.48. The van der Waals surface area contributed by atoms with Crippen molar-refractivity contribution < 1.29 is 17.9 Å². The molecular weight excluding hydrogens is 488 g/mol. The summed E-state index contributed by atoms with van der Waals surface area (Å²) in [6.45, 7) is 0.282. The monoisotopic (exact) mass is 508 g/mol. The molecule has 0 amide bonds. The molecule has 33 heavy (non-hydrogen) atoms. The number of anilines is 1. The van der Waals surface area contributed by atoms with Crippen LogP contribution in [0.2, 0.25) is 5.02 Å². The molecule has 10 nitrogen and oxygen atoms in total. The molecule has 0 atom stereocenters. The van der Waals surface area contributed by atoms with Crippen LogP contribution in [0.5, 0.6) is 11.9 Å². The lowest BCUT2D eigenvalue weighted by molar-refractivity contribution is 0.201. The second-order valence-corrected chi connectivity index (χ2v) is 9.77. The van der Waals surface area contributed by atoms with Crippen LogP contribution in [0.1, 0.15) is 12.8 Å². The molecule has 0 bridgehead atoms. The van der Waals surface area contributed by atoms with Crippen molar-refractivity contribution in [3.8, 4) is 23.0 Å². The molecule has 1 fully saturated rings. The summed E-state index contributed by atoms with van der Waals surface area (Å²) in [5, 5.41) is 0.538. The first kappa shape index (κ1) is 23.5. The zero-order chi connectivity index (χ0) is 23.3. The van der Waals surface area contributed by atoms with E-state index >= 15 is 0 Å². The minimum atomic E-state index is -3.81. The molecule has 0 radical (unpaired) electrons. The summed E-state index contributed by atoms with van der Waals surface area (Å²) in [5.41, 5.74) is 1.02. The van der Waals surface area contributed by atoms with Gasteiger partial charge in [0.2, 0.25) is 5.88 Å². The lowest BCUT2D eigenvalue weighted by atomic mass is 10.1. The van der Waals surface area contributed by atoms with E-state index in [0.717, 1.165) is 17.7 Å². The van der Waals surface area contributed by atoms with E-state index in [1.54, 1.807) is 36.7 Å². The maximum absolute atomic E-state index is 12.5. The van der Waals surface area contributed by atoms with Crippen LogP contribution in [0.25, 0.3) is 11.1 Å². The summed E-state index contributed by atoms with van der Waals surface area (Å²) >= 11 is 7.55. The van der Waals surface area contributed by atoms with Crippen LogP contribution in [-0.4, -0.2) is 53.9 Å². The summed E-state index contributed by atoms with van der Waals surface area (Å²) in [5.74, 6) is 0.283. The van der Waals surface area contributed by atoms with Crippen LogP contribution in [0.4, 0.5) is 5.82 Å². The van der Waals surface area contributed by atoms with E-state index in [0.29, 0.717) is 16.1 Å². The molecule has 0 aliphatic heterocycles. The van der Waals surface area contributed by atoms with Gasteiger partial charge in [0.25, 0.3) is 0 Å². The molecule has 1 saturated carbocycles. The predicted octanol–water partition coefficient (Wildman–Crippen LogP) is 3.18. The minimum absolute atomic E-state index is 0.0524. The first-order valence-corrected chi connectivity index (χ1v) is 13.0. The topological polar surface area (TPSA) is 128 Å². The summed E-state index contributed by atoms with van der Waals surface area (Å²) < 4.78 is 41.3. The fraction of sp³-hybridized carbons (Fsp3) is 0.300.